The van der Waals surface area contributed by atoms with Crippen molar-refractivity contribution in [2.75, 3.05) is 6.54 Å². The fourth-order valence-electron chi connectivity index (χ4n) is 1.63. The van der Waals surface area contributed by atoms with Gasteiger partial charge in [-0.15, -0.1) is 0 Å². The zero-order valence-electron chi connectivity index (χ0n) is 9.93. The van der Waals surface area contributed by atoms with Crippen LogP contribution in [0.2, 0.25) is 0 Å². The van der Waals surface area contributed by atoms with Crippen LogP contribution in [0.4, 0.5) is 0 Å². The Morgan fingerprint density at radius 1 is 1.29 bits per heavy atom. The molecule has 2 N–H and O–H groups in total. The summed E-state index contributed by atoms with van der Waals surface area (Å²) in [7, 11) is 0. The minimum Gasteiger partial charge on any atom is -0.508 e. The molecule has 1 heterocycles. The molecule has 0 amide bonds. The Labute approximate surface area is 101 Å². The Hall–Kier alpha value is -1.81. The highest BCUT2D eigenvalue weighted by Crippen LogP contribution is 2.08. The minimum absolute atomic E-state index is 0.306. The van der Waals surface area contributed by atoms with Gasteiger partial charge in [-0.2, -0.15) is 5.10 Å². The second-order valence-corrected chi connectivity index (χ2v) is 4.12. The molecule has 0 radical (unpaired) electrons. The Morgan fingerprint density at radius 3 is 2.71 bits per heavy atom. The first-order valence-corrected chi connectivity index (χ1v) is 5.72. The predicted octanol–water partition coefficient (Wildman–Crippen LogP) is 1.69. The maximum Gasteiger partial charge on any atom is 0.115 e. The Balaban J connectivity index is 1.71. The lowest BCUT2D eigenvalue weighted by atomic mass is 10.2. The molecule has 2 rings (SSSR count). The van der Waals surface area contributed by atoms with Crippen molar-refractivity contribution in [1.82, 2.24) is 15.1 Å². The summed E-state index contributed by atoms with van der Waals surface area (Å²) in [5.41, 5.74) is 2.35. The summed E-state index contributed by atoms with van der Waals surface area (Å²) < 4.78 is 1.93. The van der Waals surface area contributed by atoms with Crippen LogP contribution in [-0.2, 0) is 13.1 Å². The van der Waals surface area contributed by atoms with Gasteiger partial charge in [0.1, 0.15) is 5.75 Å². The largest absolute Gasteiger partial charge is 0.508 e. The number of aromatic nitrogens is 2. The van der Waals surface area contributed by atoms with Crippen molar-refractivity contribution in [3.8, 4) is 5.75 Å². The fraction of sp³-hybridized carbons (Fsp3) is 0.308. The first-order valence-electron chi connectivity index (χ1n) is 5.72. The van der Waals surface area contributed by atoms with Crippen molar-refractivity contribution in [2.24, 2.45) is 0 Å². The predicted molar refractivity (Wildman–Crippen MR) is 66.8 cm³/mol. The zero-order chi connectivity index (χ0) is 12.1. The summed E-state index contributed by atoms with van der Waals surface area (Å²) in [5, 5.41) is 16.7. The molecule has 0 aliphatic carbocycles. The Kier molecular flexibility index (Phi) is 3.77. The molecular formula is C13H17N3O. The van der Waals surface area contributed by atoms with Gasteiger partial charge in [0.2, 0.25) is 0 Å². The molecule has 1 aromatic heterocycles. The molecule has 0 saturated carbocycles. The number of phenolic OH excluding ortho intramolecular Hbond substituents is 1. The number of aryl methyl sites for hydroxylation is 1. The molecule has 0 aliphatic heterocycles. The maximum absolute atomic E-state index is 9.15. The summed E-state index contributed by atoms with van der Waals surface area (Å²) in [6.07, 6.45) is 3.89. The van der Waals surface area contributed by atoms with E-state index < -0.39 is 0 Å². The van der Waals surface area contributed by atoms with Gasteiger partial charge >= 0.3 is 0 Å². The molecule has 0 saturated heterocycles. The summed E-state index contributed by atoms with van der Waals surface area (Å²) in [6.45, 7) is 4.59. The standard InChI is InChI=1S/C13H17N3O/c1-11-8-15-16(10-11)7-6-14-9-12-2-4-13(17)5-3-12/h2-5,8,10,14,17H,6-7,9H2,1H3. The monoisotopic (exact) mass is 231 g/mol. The average molecular weight is 231 g/mol. The van der Waals surface area contributed by atoms with E-state index in [4.69, 9.17) is 5.11 Å². The van der Waals surface area contributed by atoms with E-state index >= 15 is 0 Å². The lowest BCUT2D eigenvalue weighted by molar-refractivity contribution is 0.475. The second kappa shape index (κ2) is 5.50. The molecular weight excluding hydrogens is 214 g/mol. The first-order chi connectivity index (χ1) is 8.24. The summed E-state index contributed by atoms with van der Waals surface area (Å²) >= 11 is 0. The van der Waals surface area contributed by atoms with Crippen molar-refractivity contribution in [3.63, 3.8) is 0 Å². The highest BCUT2D eigenvalue weighted by molar-refractivity contribution is 5.25. The van der Waals surface area contributed by atoms with Gasteiger partial charge in [-0.25, -0.2) is 0 Å². The Morgan fingerprint density at radius 2 is 2.06 bits per heavy atom. The number of nitrogens with one attached hydrogen (secondary N) is 1. The van der Waals surface area contributed by atoms with Crippen LogP contribution in [0.15, 0.2) is 36.7 Å². The van der Waals surface area contributed by atoms with E-state index in [1.807, 2.05) is 36.1 Å². The van der Waals surface area contributed by atoms with Crippen LogP contribution in [0.1, 0.15) is 11.1 Å². The van der Waals surface area contributed by atoms with Gasteiger partial charge in [-0.1, -0.05) is 12.1 Å². The van der Waals surface area contributed by atoms with Gasteiger partial charge in [-0.05, 0) is 30.2 Å². The smallest absolute Gasteiger partial charge is 0.115 e. The van der Waals surface area contributed by atoms with Gasteiger partial charge in [0.15, 0.2) is 0 Å². The summed E-state index contributed by atoms with van der Waals surface area (Å²) in [6, 6.07) is 7.24. The number of hydrogen-bond acceptors (Lipinski definition) is 3. The SMILES string of the molecule is Cc1cnn(CCNCc2ccc(O)cc2)c1. The third kappa shape index (κ3) is 3.60. The number of benzene rings is 1. The number of nitrogens with zero attached hydrogens (tertiary/aromatic N) is 2. The third-order valence-electron chi connectivity index (χ3n) is 2.55. The van der Waals surface area contributed by atoms with Crippen molar-refractivity contribution < 1.29 is 5.11 Å². The molecule has 0 spiro atoms. The van der Waals surface area contributed by atoms with Gasteiger partial charge < -0.3 is 10.4 Å². The summed E-state index contributed by atoms with van der Waals surface area (Å²) in [5.74, 6) is 0.306. The van der Waals surface area contributed by atoms with Gasteiger partial charge in [-0.3, -0.25) is 4.68 Å². The highest BCUT2D eigenvalue weighted by Gasteiger charge is 1.95. The molecule has 0 fully saturated rings. The van der Waals surface area contributed by atoms with Crippen LogP contribution in [0.25, 0.3) is 0 Å². The van der Waals surface area contributed by atoms with E-state index in [1.165, 1.54) is 11.1 Å². The minimum atomic E-state index is 0.306. The average Bonchev–Trinajstić information content (AvgIpc) is 2.73. The molecule has 17 heavy (non-hydrogen) atoms. The van der Waals surface area contributed by atoms with Gasteiger partial charge in [0.05, 0.1) is 12.7 Å². The van der Waals surface area contributed by atoms with Crippen LogP contribution < -0.4 is 5.32 Å². The summed E-state index contributed by atoms with van der Waals surface area (Å²) in [4.78, 5) is 0. The normalized spacial score (nSPS) is 10.6. The molecule has 0 unspecified atom stereocenters. The molecule has 0 bridgehead atoms. The van der Waals surface area contributed by atoms with Crippen molar-refractivity contribution >= 4 is 0 Å². The number of phenols is 1. The van der Waals surface area contributed by atoms with Crippen molar-refractivity contribution in [1.29, 1.82) is 0 Å². The van der Waals surface area contributed by atoms with Crippen molar-refractivity contribution in [2.45, 2.75) is 20.0 Å². The van der Waals surface area contributed by atoms with Crippen LogP contribution in [0.5, 0.6) is 5.75 Å². The lowest BCUT2D eigenvalue weighted by Gasteiger charge is -2.05. The molecule has 2 aromatic rings. The molecule has 0 atom stereocenters. The van der Waals surface area contributed by atoms with E-state index in [0.29, 0.717) is 5.75 Å². The molecule has 90 valence electrons. The number of hydrogen-bond donors (Lipinski definition) is 2. The maximum atomic E-state index is 9.15. The highest BCUT2D eigenvalue weighted by atomic mass is 16.3. The van der Waals surface area contributed by atoms with Crippen molar-refractivity contribution in [3.05, 3.63) is 47.8 Å². The number of rotatable bonds is 5. The third-order valence-corrected chi connectivity index (χ3v) is 2.55. The fourth-order valence-corrected chi connectivity index (χ4v) is 1.63. The van der Waals surface area contributed by atoms with Gasteiger partial charge in [0, 0.05) is 19.3 Å². The lowest BCUT2D eigenvalue weighted by Crippen LogP contribution is -2.19. The quantitative estimate of drug-likeness (QED) is 0.770. The Bertz CT molecular complexity index is 462. The van der Waals surface area contributed by atoms with E-state index in [2.05, 4.69) is 10.4 Å². The van der Waals surface area contributed by atoms with Crippen LogP contribution in [0.3, 0.4) is 0 Å². The van der Waals surface area contributed by atoms with E-state index in [9.17, 15) is 0 Å². The molecule has 1 aromatic carbocycles. The van der Waals surface area contributed by atoms with E-state index in [0.717, 1.165) is 19.6 Å². The van der Waals surface area contributed by atoms with Crippen LogP contribution in [-0.4, -0.2) is 21.4 Å². The molecule has 0 aliphatic rings. The number of aromatic hydroxyl groups is 1. The van der Waals surface area contributed by atoms with Crippen LogP contribution in [0, 0.1) is 6.92 Å². The van der Waals surface area contributed by atoms with E-state index in [1.54, 1.807) is 12.1 Å². The van der Waals surface area contributed by atoms with Crippen LogP contribution >= 0.6 is 0 Å². The second-order valence-electron chi connectivity index (χ2n) is 4.12. The topological polar surface area (TPSA) is 50.1 Å². The molecule has 4 heteroatoms. The zero-order valence-corrected chi connectivity index (χ0v) is 9.93. The first kappa shape index (κ1) is 11.7. The van der Waals surface area contributed by atoms with Gasteiger partial charge in [0.25, 0.3) is 0 Å². The van der Waals surface area contributed by atoms with E-state index in [-0.39, 0.29) is 0 Å². The molecule has 4 nitrogen and oxygen atoms in total.